The van der Waals surface area contributed by atoms with Gasteiger partial charge in [0.1, 0.15) is 6.61 Å². The lowest BCUT2D eigenvalue weighted by Gasteiger charge is -2.08. The van der Waals surface area contributed by atoms with E-state index in [0.717, 1.165) is 11.1 Å². The summed E-state index contributed by atoms with van der Waals surface area (Å²) in [5.41, 5.74) is 1.93. The van der Waals surface area contributed by atoms with Crippen molar-refractivity contribution in [3.8, 4) is 0 Å². The van der Waals surface area contributed by atoms with E-state index in [1.165, 1.54) is 12.1 Å². The van der Waals surface area contributed by atoms with E-state index in [1.807, 2.05) is 31.2 Å². The highest BCUT2D eigenvalue weighted by atomic mass is 16.5. The molecule has 0 fully saturated rings. The van der Waals surface area contributed by atoms with Crippen molar-refractivity contribution in [1.29, 1.82) is 0 Å². The molecule has 0 aliphatic heterocycles. The number of carbonyl (C=O) groups excluding carboxylic acids is 1. The van der Waals surface area contributed by atoms with Gasteiger partial charge in [-0.05, 0) is 30.2 Å². The zero-order valence-corrected chi connectivity index (χ0v) is 11.0. The van der Waals surface area contributed by atoms with Crippen LogP contribution >= 0.6 is 0 Å². The number of hydrogen-bond acceptors (Lipinski definition) is 3. The van der Waals surface area contributed by atoms with E-state index in [9.17, 15) is 9.59 Å². The summed E-state index contributed by atoms with van der Waals surface area (Å²) in [7, 11) is 0. The Morgan fingerprint density at radius 3 is 2.25 bits per heavy atom. The fourth-order valence-corrected chi connectivity index (χ4v) is 1.84. The molecule has 1 N–H and O–H groups in total. The summed E-state index contributed by atoms with van der Waals surface area (Å²) in [6.45, 7) is 2.05. The minimum absolute atomic E-state index is 0.0534. The number of carbonyl (C=O) groups is 2. The molecule has 0 aliphatic carbocycles. The molecule has 0 bridgehead atoms. The van der Waals surface area contributed by atoms with Crippen LogP contribution in [0.4, 0.5) is 0 Å². The number of aryl methyl sites for hydroxylation is 1. The van der Waals surface area contributed by atoms with Crippen LogP contribution in [0.1, 0.15) is 31.8 Å². The van der Waals surface area contributed by atoms with Crippen LogP contribution in [0.2, 0.25) is 0 Å². The minimum atomic E-state index is -1.14. The molecule has 0 aromatic heterocycles. The summed E-state index contributed by atoms with van der Waals surface area (Å²) >= 11 is 0. The van der Waals surface area contributed by atoms with E-state index in [0.29, 0.717) is 0 Å². The fourth-order valence-electron chi connectivity index (χ4n) is 1.84. The first kappa shape index (κ1) is 13.8. The van der Waals surface area contributed by atoms with Crippen molar-refractivity contribution >= 4 is 11.9 Å². The number of carboxylic acid groups (broad SMARTS) is 1. The zero-order chi connectivity index (χ0) is 14.5. The summed E-state index contributed by atoms with van der Waals surface area (Å²) in [5, 5.41) is 9.04. The third-order valence-electron chi connectivity index (χ3n) is 3.00. The average molecular weight is 270 g/mol. The number of ether oxygens (including phenoxy) is 1. The topological polar surface area (TPSA) is 63.6 Å². The number of esters is 1. The third-order valence-corrected chi connectivity index (χ3v) is 3.00. The molecule has 0 saturated carbocycles. The second-order valence-electron chi connectivity index (χ2n) is 4.35. The molecule has 4 nitrogen and oxygen atoms in total. The number of hydrogen-bond donors (Lipinski definition) is 1. The lowest BCUT2D eigenvalue weighted by atomic mass is 10.1. The molecule has 0 atom stereocenters. The van der Waals surface area contributed by atoms with Crippen molar-refractivity contribution in [3.63, 3.8) is 0 Å². The van der Waals surface area contributed by atoms with Gasteiger partial charge in [-0.15, -0.1) is 0 Å². The van der Waals surface area contributed by atoms with Gasteiger partial charge in [-0.25, -0.2) is 9.59 Å². The van der Waals surface area contributed by atoms with E-state index < -0.39 is 11.9 Å². The van der Waals surface area contributed by atoms with Gasteiger partial charge in [0.15, 0.2) is 0 Å². The Kier molecular flexibility index (Phi) is 4.15. The molecule has 4 heteroatoms. The summed E-state index contributed by atoms with van der Waals surface area (Å²) in [4.78, 5) is 23.0. The fraction of sp³-hybridized carbons (Fsp3) is 0.125. The Bertz CT molecular complexity index is 646. The first-order valence-electron chi connectivity index (χ1n) is 6.13. The molecule has 102 valence electrons. The van der Waals surface area contributed by atoms with Gasteiger partial charge in [-0.2, -0.15) is 0 Å². The summed E-state index contributed by atoms with van der Waals surface area (Å²) < 4.78 is 5.18. The Balaban J connectivity index is 2.14. The average Bonchev–Trinajstić information content (AvgIpc) is 2.46. The molecule has 0 heterocycles. The van der Waals surface area contributed by atoms with Crippen LogP contribution in [0.5, 0.6) is 0 Å². The largest absolute Gasteiger partial charge is 0.478 e. The van der Waals surface area contributed by atoms with Crippen molar-refractivity contribution in [1.82, 2.24) is 0 Å². The predicted octanol–water partition coefficient (Wildman–Crippen LogP) is 3.05. The summed E-state index contributed by atoms with van der Waals surface area (Å²) in [6.07, 6.45) is 0. The highest BCUT2D eigenvalue weighted by Gasteiger charge is 2.17. The number of rotatable bonds is 4. The maximum atomic E-state index is 12.0. The van der Waals surface area contributed by atoms with Crippen LogP contribution in [-0.2, 0) is 11.3 Å². The molecule has 0 amide bonds. The smallest absolute Gasteiger partial charge is 0.339 e. The summed E-state index contributed by atoms with van der Waals surface area (Å²) in [6, 6.07) is 13.6. The first-order chi connectivity index (χ1) is 9.59. The molecule has 2 rings (SSSR count). The molecule has 2 aromatic carbocycles. The van der Waals surface area contributed by atoms with Crippen LogP contribution in [0, 0.1) is 6.92 Å². The minimum Gasteiger partial charge on any atom is -0.478 e. The first-order valence-corrected chi connectivity index (χ1v) is 6.13. The molecular formula is C16H14O4. The Morgan fingerprint density at radius 1 is 1.00 bits per heavy atom. The molecule has 2 aromatic rings. The van der Waals surface area contributed by atoms with Crippen molar-refractivity contribution in [2.45, 2.75) is 13.5 Å². The van der Waals surface area contributed by atoms with Gasteiger partial charge in [0.05, 0.1) is 11.1 Å². The van der Waals surface area contributed by atoms with E-state index in [-0.39, 0.29) is 17.7 Å². The van der Waals surface area contributed by atoms with Crippen molar-refractivity contribution in [3.05, 3.63) is 70.8 Å². The third kappa shape index (κ3) is 3.03. The molecule has 20 heavy (non-hydrogen) atoms. The van der Waals surface area contributed by atoms with Gasteiger partial charge >= 0.3 is 11.9 Å². The molecule has 0 unspecified atom stereocenters. The van der Waals surface area contributed by atoms with Gasteiger partial charge in [0.2, 0.25) is 0 Å². The van der Waals surface area contributed by atoms with E-state index in [1.54, 1.807) is 12.1 Å². The van der Waals surface area contributed by atoms with Crippen LogP contribution in [0.25, 0.3) is 0 Å². The Labute approximate surface area is 116 Å². The quantitative estimate of drug-likeness (QED) is 0.867. The van der Waals surface area contributed by atoms with Crippen molar-refractivity contribution < 1.29 is 19.4 Å². The van der Waals surface area contributed by atoms with Crippen LogP contribution in [0.15, 0.2) is 48.5 Å². The maximum Gasteiger partial charge on any atom is 0.339 e. The number of benzene rings is 2. The van der Waals surface area contributed by atoms with E-state index in [4.69, 9.17) is 9.84 Å². The highest BCUT2D eigenvalue weighted by Crippen LogP contribution is 2.13. The molecule has 0 aliphatic rings. The van der Waals surface area contributed by atoms with Gasteiger partial charge in [-0.3, -0.25) is 0 Å². The lowest BCUT2D eigenvalue weighted by Crippen LogP contribution is -2.11. The van der Waals surface area contributed by atoms with Gasteiger partial charge < -0.3 is 9.84 Å². The van der Waals surface area contributed by atoms with Crippen LogP contribution < -0.4 is 0 Å². The summed E-state index contributed by atoms with van der Waals surface area (Å²) in [5.74, 6) is -1.78. The van der Waals surface area contributed by atoms with Crippen molar-refractivity contribution in [2.75, 3.05) is 0 Å². The van der Waals surface area contributed by atoms with Crippen LogP contribution in [-0.4, -0.2) is 17.0 Å². The second kappa shape index (κ2) is 6.02. The predicted molar refractivity (Wildman–Crippen MR) is 73.7 cm³/mol. The molecular weight excluding hydrogens is 256 g/mol. The van der Waals surface area contributed by atoms with Gasteiger partial charge in [-0.1, -0.05) is 36.4 Å². The SMILES string of the molecule is Cc1ccccc1COC(=O)c1ccccc1C(=O)O. The van der Waals surface area contributed by atoms with E-state index >= 15 is 0 Å². The van der Waals surface area contributed by atoms with Crippen LogP contribution in [0.3, 0.4) is 0 Å². The van der Waals surface area contributed by atoms with E-state index in [2.05, 4.69) is 0 Å². The van der Waals surface area contributed by atoms with Crippen molar-refractivity contribution in [2.24, 2.45) is 0 Å². The Morgan fingerprint density at radius 2 is 1.60 bits per heavy atom. The van der Waals surface area contributed by atoms with Gasteiger partial charge in [0.25, 0.3) is 0 Å². The normalized spacial score (nSPS) is 10.1. The highest BCUT2D eigenvalue weighted by molar-refractivity contribution is 6.02. The zero-order valence-electron chi connectivity index (χ0n) is 11.0. The molecule has 0 radical (unpaired) electrons. The molecule has 0 spiro atoms. The monoisotopic (exact) mass is 270 g/mol. The van der Waals surface area contributed by atoms with Gasteiger partial charge in [0, 0.05) is 0 Å². The standard InChI is InChI=1S/C16H14O4/c1-11-6-2-3-7-12(11)10-20-16(19)14-9-5-4-8-13(14)15(17)18/h2-9H,10H2,1H3,(H,17,18). The number of aromatic carboxylic acids is 1. The maximum absolute atomic E-state index is 12.0. The molecule has 0 saturated heterocycles. The second-order valence-corrected chi connectivity index (χ2v) is 4.35. The number of carboxylic acids is 1. The Hall–Kier alpha value is -2.62. The lowest BCUT2D eigenvalue weighted by molar-refractivity contribution is 0.0463.